The van der Waals surface area contributed by atoms with E-state index in [2.05, 4.69) is 20.9 Å². The fourth-order valence-electron chi connectivity index (χ4n) is 1.96. The molecule has 0 saturated carbocycles. The zero-order chi connectivity index (χ0) is 19.0. The molecule has 2 amide bonds. The molecule has 0 aromatic carbocycles. The summed E-state index contributed by atoms with van der Waals surface area (Å²) in [4.78, 5) is 30.5. The molecule has 2 rings (SSSR count). The smallest absolute Gasteiger partial charge is 0.425 e. The highest BCUT2D eigenvalue weighted by molar-refractivity contribution is 9.11. The first-order valence-corrected chi connectivity index (χ1v) is 9.28. The molecule has 0 N–H and O–H groups in total. The SMILES string of the molecule is CC(C)(C)OC(=O)N(C(=O)OC(C)(C)C)c1nccc2sc(Br)cc12. The van der Waals surface area contributed by atoms with Gasteiger partial charge < -0.3 is 9.47 Å². The van der Waals surface area contributed by atoms with E-state index >= 15 is 0 Å². The van der Waals surface area contributed by atoms with E-state index in [0.29, 0.717) is 5.39 Å². The molecule has 0 aliphatic carbocycles. The number of nitrogens with zero attached hydrogens (tertiary/aromatic N) is 2. The maximum absolute atomic E-state index is 12.7. The standard InChI is InChI=1S/C17H21BrN2O4S/c1-16(2,3)23-14(21)20(15(22)24-17(4,5)6)13-10-9-12(18)25-11(10)7-8-19-13/h7-9H,1-6H3. The quantitative estimate of drug-likeness (QED) is 0.579. The van der Waals surface area contributed by atoms with Crippen LogP contribution in [0.4, 0.5) is 15.4 Å². The average Bonchev–Trinajstić information content (AvgIpc) is 2.75. The van der Waals surface area contributed by atoms with Gasteiger partial charge in [0.15, 0.2) is 5.82 Å². The van der Waals surface area contributed by atoms with Crippen LogP contribution in [0.2, 0.25) is 0 Å². The van der Waals surface area contributed by atoms with Gasteiger partial charge in [-0.2, -0.15) is 4.90 Å². The molecule has 0 bridgehead atoms. The molecule has 2 aromatic heterocycles. The molecule has 2 heterocycles. The van der Waals surface area contributed by atoms with Gasteiger partial charge in [-0.3, -0.25) is 0 Å². The van der Waals surface area contributed by atoms with Crippen molar-refractivity contribution in [3.05, 3.63) is 22.1 Å². The Morgan fingerprint density at radius 2 is 1.60 bits per heavy atom. The normalized spacial score (nSPS) is 12.1. The summed E-state index contributed by atoms with van der Waals surface area (Å²) >= 11 is 4.90. The van der Waals surface area contributed by atoms with Crippen molar-refractivity contribution in [2.24, 2.45) is 0 Å². The topological polar surface area (TPSA) is 68.7 Å². The molecule has 0 fully saturated rings. The Morgan fingerprint density at radius 3 is 2.08 bits per heavy atom. The molecule has 8 heteroatoms. The highest BCUT2D eigenvalue weighted by Crippen LogP contribution is 2.35. The molecule has 136 valence electrons. The highest BCUT2D eigenvalue weighted by Gasteiger charge is 2.34. The number of carbonyl (C=O) groups is 2. The summed E-state index contributed by atoms with van der Waals surface area (Å²) in [5.41, 5.74) is -1.53. The number of ether oxygens (including phenoxy) is 2. The van der Waals surface area contributed by atoms with E-state index in [9.17, 15) is 9.59 Å². The molecule has 6 nitrogen and oxygen atoms in total. The summed E-state index contributed by atoms with van der Waals surface area (Å²) in [6.45, 7) is 10.4. The first kappa shape index (κ1) is 19.7. The van der Waals surface area contributed by atoms with Crippen molar-refractivity contribution >= 4 is 55.4 Å². The molecule has 0 spiro atoms. The van der Waals surface area contributed by atoms with Crippen LogP contribution in [-0.2, 0) is 9.47 Å². The zero-order valence-corrected chi connectivity index (χ0v) is 17.4. The van der Waals surface area contributed by atoms with Gasteiger partial charge in [0.05, 0.1) is 3.79 Å². The van der Waals surface area contributed by atoms with Crippen molar-refractivity contribution in [1.29, 1.82) is 0 Å². The molecular weight excluding hydrogens is 408 g/mol. The second kappa shape index (κ2) is 6.92. The van der Waals surface area contributed by atoms with Gasteiger partial charge in [0, 0.05) is 16.3 Å². The van der Waals surface area contributed by atoms with E-state index in [4.69, 9.17) is 9.47 Å². The third-order valence-electron chi connectivity index (χ3n) is 2.76. The lowest BCUT2D eigenvalue weighted by atomic mass is 10.2. The number of hydrogen-bond acceptors (Lipinski definition) is 6. The molecule has 0 aliphatic rings. The number of pyridine rings is 1. The van der Waals surface area contributed by atoms with Gasteiger partial charge in [0.1, 0.15) is 11.2 Å². The minimum absolute atomic E-state index is 0.183. The van der Waals surface area contributed by atoms with Crippen LogP contribution in [0.25, 0.3) is 10.1 Å². The maximum Gasteiger partial charge on any atom is 0.425 e. The minimum Gasteiger partial charge on any atom is -0.443 e. The Morgan fingerprint density at radius 1 is 1.08 bits per heavy atom. The lowest BCUT2D eigenvalue weighted by Gasteiger charge is -2.28. The van der Waals surface area contributed by atoms with E-state index in [-0.39, 0.29) is 5.82 Å². The van der Waals surface area contributed by atoms with Crippen molar-refractivity contribution in [3.63, 3.8) is 0 Å². The van der Waals surface area contributed by atoms with E-state index in [1.54, 1.807) is 47.7 Å². The molecule has 2 aromatic rings. The fourth-order valence-corrected chi connectivity index (χ4v) is 3.49. The van der Waals surface area contributed by atoms with Crippen LogP contribution < -0.4 is 4.90 Å². The summed E-state index contributed by atoms with van der Waals surface area (Å²) in [5, 5.41) is 0.663. The van der Waals surface area contributed by atoms with Gasteiger partial charge in [0.25, 0.3) is 0 Å². The summed E-state index contributed by atoms with van der Waals surface area (Å²) in [7, 11) is 0. The number of fused-ring (bicyclic) bond motifs is 1. The number of thiophene rings is 1. The van der Waals surface area contributed by atoms with Gasteiger partial charge >= 0.3 is 12.2 Å². The van der Waals surface area contributed by atoms with Crippen molar-refractivity contribution in [1.82, 2.24) is 4.98 Å². The number of anilines is 1. The van der Waals surface area contributed by atoms with Crippen molar-refractivity contribution in [2.75, 3.05) is 4.90 Å². The van der Waals surface area contributed by atoms with Gasteiger partial charge in [-0.1, -0.05) is 0 Å². The average molecular weight is 429 g/mol. The third kappa shape index (κ3) is 5.15. The van der Waals surface area contributed by atoms with Crippen LogP contribution in [0.3, 0.4) is 0 Å². The largest absolute Gasteiger partial charge is 0.443 e. The monoisotopic (exact) mass is 428 g/mol. The Hall–Kier alpha value is -1.67. The molecular formula is C17H21BrN2O4S. The predicted octanol–water partition coefficient (Wildman–Crippen LogP) is 5.74. The van der Waals surface area contributed by atoms with E-state index in [0.717, 1.165) is 13.4 Å². The summed E-state index contributed by atoms with van der Waals surface area (Å²) < 4.78 is 12.5. The number of amides is 2. The number of carbonyl (C=O) groups excluding carboxylic acids is 2. The van der Waals surface area contributed by atoms with Crippen molar-refractivity contribution in [3.8, 4) is 0 Å². The minimum atomic E-state index is -0.830. The first-order chi connectivity index (χ1) is 11.4. The highest BCUT2D eigenvalue weighted by atomic mass is 79.9. The van der Waals surface area contributed by atoms with Crippen molar-refractivity contribution < 1.29 is 19.1 Å². The van der Waals surface area contributed by atoms with Crippen LogP contribution in [-0.4, -0.2) is 28.4 Å². The predicted molar refractivity (Wildman–Crippen MR) is 102 cm³/mol. The van der Waals surface area contributed by atoms with Crippen LogP contribution in [0, 0.1) is 0 Å². The van der Waals surface area contributed by atoms with Gasteiger partial charge in [-0.15, -0.1) is 11.3 Å². The van der Waals surface area contributed by atoms with Crippen molar-refractivity contribution in [2.45, 2.75) is 52.7 Å². The van der Waals surface area contributed by atoms with E-state index in [1.807, 2.05) is 12.1 Å². The van der Waals surface area contributed by atoms with Gasteiger partial charge in [0.2, 0.25) is 0 Å². The van der Waals surface area contributed by atoms with Crippen LogP contribution in [0.5, 0.6) is 0 Å². The molecule has 0 aliphatic heterocycles. The Labute approximate surface area is 159 Å². The zero-order valence-electron chi connectivity index (χ0n) is 15.0. The molecule has 0 saturated heterocycles. The van der Waals surface area contributed by atoms with Gasteiger partial charge in [-0.25, -0.2) is 14.6 Å². The molecule has 25 heavy (non-hydrogen) atoms. The number of rotatable bonds is 1. The molecule has 0 atom stereocenters. The van der Waals surface area contributed by atoms with E-state index in [1.165, 1.54) is 11.3 Å². The first-order valence-electron chi connectivity index (χ1n) is 7.67. The summed E-state index contributed by atoms with van der Waals surface area (Å²) in [5.74, 6) is 0.183. The second-order valence-corrected chi connectivity index (χ2v) is 9.86. The lowest BCUT2D eigenvalue weighted by molar-refractivity contribution is 0.0429. The summed E-state index contributed by atoms with van der Waals surface area (Å²) in [6.07, 6.45) is -0.115. The van der Waals surface area contributed by atoms with E-state index < -0.39 is 23.4 Å². The molecule has 0 unspecified atom stereocenters. The molecule has 0 radical (unpaired) electrons. The second-order valence-electron chi connectivity index (χ2n) is 7.39. The summed E-state index contributed by atoms with van der Waals surface area (Å²) in [6, 6.07) is 3.63. The number of imide groups is 1. The van der Waals surface area contributed by atoms with Crippen LogP contribution in [0.15, 0.2) is 22.1 Å². The fraction of sp³-hybridized carbons (Fsp3) is 0.471. The Kier molecular flexibility index (Phi) is 5.44. The Balaban J connectivity index is 2.53. The lowest BCUT2D eigenvalue weighted by Crippen LogP contribution is -2.44. The van der Waals surface area contributed by atoms with Crippen LogP contribution in [0.1, 0.15) is 41.5 Å². The van der Waals surface area contributed by atoms with Gasteiger partial charge in [-0.05, 0) is 69.6 Å². The maximum atomic E-state index is 12.7. The Bertz CT molecular complexity index is 777. The number of aromatic nitrogens is 1. The number of halogens is 1. The van der Waals surface area contributed by atoms with Crippen LogP contribution >= 0.6 is 27.3 Å². The number of hydrogen-bond donors (Lipinski definition) is 0. The third-order valence-corrected chi connectivity index (χ3v) is 4.36.